The van der Waals surface area contributed by atoms with Crippen molar-refractivity contribution in [2.45, 2.75) is 25.3 Å². The number of carboxylic acids is 1. The number of likely N-dealkylation sites (N-methyl/N-ethyl adjacent to an activating group) is 1. The van der Waals surface area contributed by atoms with E-state index in [9.17, 15) is 19.1 Å². The second-order valence-corrected chi connectivity index (χ2v) is 7.79. The molecule has 1 unspecified atom stereocenters. The molecule has 164 valence electrons. The zero-order chi connectivity index (χ0) is 22.9. The number of hydrogen-bond donors (Lipinski definition) is 1. The minimum Gasteiger partial charge on any atom is -0.479 e. The summed E-state index contributed by atoms with van der Waals surface area (Å²) in [7, 11) is 0. The summed E-state index contributed by atoms with van der Waals surface area (Å²) in [5.41, 5.74) is 2.55. The first-order valence-corrected chi connectivity index (χ1v) is 10.4. The number of amides is 1. The number of aliphatic carboxylic acids is 1. The molecule has 0 fully saturated rings. The molecule has 7 heteroatoms. The lowest BCUT2D eigenvalue weighted by molar-refractivity contribution is -0.150. The smallest absolute Gasteiger partial charge is 0.411 e. The largest absolute Gasteiger partial charge is 0.479 e. The third kappa shape index (κ3) is 3.49. The van der Waals surface area contributed by atoms with E-state index in [1.807, 2.05) is 48.5 Å². The van der Waals surface area contributed by atoms with E-state index in [1.54, 1.807) is 6.92 Å². The zero-order valence-electron chi connectivity index (χ0n) is 17.8. The fraction of sp³-hybridized carbons (Fsp3) is 0.240. The molecule has 0 aliphatic heterocycles. The maximum atomic E-state index is 13.3. The molecule has 1 aromatic heterocycles. The van der Waals surface area contributed by atoms with E-state index in [1.165, 1.54) is 13.0 Å². The van der Waals surface area contributed by atoms with Crippen LogP contribution < -0.4 is 0 Å². The summed E-state index contributed by atoms with van der Waals surface area (Å²) in [6, 6.07) is 18.3. The number of ether oxygens (including phenoxy) is 1. The molecular formula is C25H23FN2O4. The fourth-order valence-corrected chi connectivity index (χ4v) is 4.33. The Balaban J connectivity index is 1.60. The number of carbonyl (C=O) groups excluding carboxylic acids is 1. The van der Waals surface area contributed by atoms with E-state index in [-0.39, 0.29) is 24.8 Å². The van der Waals surface area contributed by atoms with Crippen LogP contribution in [-0.4, -0.2) is 40.2 Å². The van der Waals surface area contributed by atoms with Crippen LogP contribution in [0.5, 0.6) is 0 Å². The molecule has 0 radical (unpaired) electrons. The van der Waals surface area contributed by atoms with Crippen LogP contribution in [0.3, 0.4) is 0 Å². The topological polar surface area (TPSA) is 79.7 Å². The highest BCUT2D eigenvalue weighted by Crippen LogP contribution is 2.44. The average molecular weight is 434 g/mol. The predicted octanol–water partition coefficient (Wildman–Crippen LogP) is 4.79. The summed E-state index contributed by atoms with van der Waals surface area (Å²) in [5, 5.41) is 9.96. The molecule has 1 aliphatic carbocycles. The van der Waals surface area contributed by atoms with Gasteiger partial charge in [0.25, 0.3) is 0 Å². The molecule has 0 spiro atoms. The van der Waals surface area contributed by atoms with Crippen LogP contribution in [0.15, 0.2) is 66.9 Å². The number of carbonyl (C=O) groups is 2. The van der Waals surface area contributed by atoms with Gasteiger partial charge in [-0.25, -0.2) is 14.0 Å². The van der Waals surface area contributed by atoms with Crippen LogP contribution in [0.1, 0.15) is 36.6 Å². The summed E-state index contributed by atoms with van der Waals surface area (Å²) in [6.07, 6.45) is 0.160. The Labute approximate surface area is 185 Å². The SMILES string of the molecule is CCN(C(=O)OCC1c2ccccc2-c2ccccc21)C(C)(C(=O)O)c1ccc(F)cn1. The van der Waals surface area contributed by atoms with Crippen molar-refractivity contribution in [1.82, 2.24) is 9.88 Å². The quantitative estimate of drug-likeness (QED) is 0.603. The molecule has 1 aliphatic rings. The monoisotopic (exact) mass is 434 g/mol. The second kappa shape index (κ2) is 8.42. The van der Waals surface area contributed by atoms with Gasteiger partial charge in [-0.3, -0.25) is 9.88 Å². The van der Waals surface area contributed by atoms with Gasteiger partial charge in [0.1, 0.15) is 12.4 Å². The summed E-state index contributed by atoms with van der Waals surface area (Å²) in [6.45, 7) is 3.15. The molecular weight excluding hydrogens is 411 g/mol. The standard InChI is InChI=1S/C25H23FN2O4/c1-3-28(25(2,23(29)30)22-13-12-16(26)14-27-22)24(31)32-15-21-19-10-6-4-8-17(19)18-9-5-7-11-20(18)21/h4-14,21H,3,15H2,1-2H3,(H,29,30). The van der Waals surface area contributed by atoms with Crippen LogP contribution in [0, 0.1) is 5.82 Å². The van der Waals surface area contributed by atoms with Crippen molar-refractivity contribution in [2.24, 2.45) is 0 Å². The van der Waals surface area contributed by atoms with Crippen LogP contribution in [-0.2, 0) is 15.1 Å². The molecule has 0 saturated carbocycles. The summed E-state index contributed by atoms with van der Waals surface area (Å²) < 4.78 is 19.0. The Morgan fingerprint density at radius 1 is 1.06 bits per heavy atom. The highest BCUT2D eigenvalue weighted by Gasteiger charge is 2.46. The van der Waals surface area contributed by atoms with Gasteiger partial charge in [-0.05, 0) is 48.2 Å². The first kappa shape index (κ1) is 21.5. The van der Waals surface area contributed by atoms with Gasteiger partial charge in [0, 0.05) is 12.5 Å². The van der Waals surface area contributed by atoms with Crippen LogP contribution >= 0.6 is 0 Å². The number of fused-ring (bicyclic) bond motifs is 3. The zero-order valence-corrected chi connectivity index (χ0v) is 17.8. The second-order valence-electron chi connectivity index (χ2n) is 7.79. The van der Waals surface area contributed by atoms with E-state index in [0.29, 0.717) is 0 Å². The maximum absolute atomic E-state index is 13.3. The van der Waals surface area contributed by atoms with Crippen molar-refractivity contribution in [3.8, 4) is 11.1 Å². The Kier molecular flexibility index (Phi) is 5.65. The summed E-state index contributed by atoms with van der Waals surface area (Å²) >= 11 is 0. The van der Waals surface area contributed by atoms with Gasteiger partial charge in [0.2, 0.25) is 0 Å². The molecule has 6 nitrogen and oxygen atoms in total. The van der Waals surface area contributed by atoms with Crippen molar-refractivity contribution >= 4 is 12.1 Å². The van der Waals surface area contributed by atoms with Crippen LogP contribution in [0.4, 0.5) is 9.18 Å². The Morgan fingerprint density at radius 2 is 1.66 bits per heavy atom. The Bertz CT molecular complexity index is 1120. The third-order valence-electron chi connectivity index (χ3n) is 6.06. The highest BCUT2D eigenvalue weighted by atomic mass is 19.1. The van der Waals surface area contributed by atoms with E-state index in [2.05, 4.69) is 4.98 Å². The van der Waals surface area contributed by atoms with Gasteiger partial charge >= 0.3 is 12.1 Å². The summed E-state index contributed by atoms with van der Waals surface area (Å²) in [4.78, 5) is 30.3. The lowest BCUT2D eigenvalue weighted by Gasteiger charge is -2.36. The van der Waals surface area contributed by atoms with E-state index < -0.39 is 23.4 Å². The molecule has 1 amide bonds. The molecule has 4 rings (SSSR count). The molecule has 2 aromatic carbocycles. The normalized spacial score (nSPS) is 14.2. The van der Waals surface area contributed by atoms with Gasteiger partial charge in [-0.2, -0.15) is 0 Å². The van der Waals surface area contributed by atoms with Crippen molar-refractivity contribution in [2.75, 3.05) is 13.2 Å². The first-order valence-electron chi connectivity index (χ1n) is 10.4. The minimum absolute atomic E-state index is 0.0433. The molecule has 0 saturated heterocycles. The van der Waals surface area contributed by atoms with Gasteiger partial charge in [-0.15, -0.1) is 0 Å². The number of rotatable bonds is 6. The Morgan fingerprint density at radius 3 is 2.16 bits per heavy atom. The van der Waals surface area contributed by atoms with Gasteiger partial charge < -0.3 is 9.84 Å². The summed E-state index contributed by atoms with van der Waals surface area (Å²) in [5.74, 6) is -2.03. The van der Waals surface area contributed by atoms with Crippen LogP contribution in [0.2, 0.25) is 0 Å². The number of halogens is 1. The lowest BCUT2D eigenvalue weighted by Crippen LogP contribution is -2.53. The van der Waals surface area contributed by atoms with E-state index >= 15 is 0 Å². The number of carboxylic acid groups (broad SMARTS) is 1. The van der Waals surface area contributed by atoms with Crippen molar-refractivity contribution < 1.29 is 23.8 Å². The van der Waals surface area contributed by atoms with Gasteiger partial charge in [0.05, 0.1) is 11.9 Å². The molecule has 0 bridgehead atoms. The molecule has 1 heterocycles. The number of hydrogen-bond acceptors (Lipinski definition) is 4. The predicted molar refractivity (Wildman–Crippen MR) is 117 cm³/mol. The van der Waals surface area contributed by atoms with Gasteiger partial charge in [0.15, 0.2) is 5.54 Å². The fourth-order valence-electron chi connectivity index (χ4n) is 4.33. The first-order chi connectivity index (χ1) is 15.4. The van der Waals surface area contributed by atoms with E-state index in [0.717, 1.165) is 39.4 Å². The average Bonchev–Trinajstić information content (AvgIpc) is 3.12. The lowest BCUT2D eigenvalue weighted by atomic mass is 9.95. The number of benzene rings is 2. The molecule has 3 aromatic rings. The van der Waals surface area contributed by atoms with E-state index in [4.69, 9.17) is 4.74 Å². The minimum atomic E-state index is -1.81. The maximum Gasteiger partial charge on any atom is 0.411 e. The highest BCUT2D eigenvalue weighted by molar-refractivity contribution is 5.85. The van der Waals surface area contributed by atoms with Gasteiger partial charge in [-0.1, -0.05) is 48.5 Å². The third-order valence-corrected chi connectivity index (χ3v) is 6.06. The Hall–Kier alpha value is -3.74. The van der Waals surface area contributed by atoms with Crippen molar-refractivity contribution in [1.29, 1.82) is 0 Å². The van der Waals surface area contributed by atoms with Crippen molar-refractivity contribution in [3.05, 3.63) is 89.5 Å². The number of nitrogens with zero attached hydrogens (tertiary/aromatic N) is 2. The molecule has 32 heavy (non-hydrogen) atoms. The van der Waals surface area contributed by atoms with Crippen molar-refractivity contribution in [3.63, 3.8) is 0 Å². The molecule has 1 atom stereocenters. The molecule has 1 N–H and O–H groups in total. The number of pyridine rings is 1. The number of aromatic nitrogens is 1. The van der Waals surface area contributed by atoms with Crippen LogP contribution in [0.25, 0.3) is 11.1 Å².